The summed E-state index contributed by atoms with van der Waals surface area (Å²) in [5.41, 5.74) is 0.143. The number of aromatic amines is 1. The number of carbonyl (C=O) groups excluding carboxylic acids is 1. The standard InChI is InChI=1S/C29H15ClF3N3O3/c30-22-7-3-6-21(29(31,32)33)25(22)27(37)20-12-18(19-5-2-1-4-17(19)14-34)13-23-24(20)26(36-35-23)15-8-10-16(11-9-15)28(38)39/h1-13H,(H,35,36)(H,38,39). The lowest BCUT2D eigenvalue weighted by Crippen LogP contribution is -2.15. The van der Waals surface area contributed by atoms with Crippen LogP contribution < -0.4 is 0 Å². The number of carboxylic acid groups (broad SMARTS) is 1. The van der Waals surface area contributed by atoms with Gasteiger partial charge in [0.15, 0.2) is 5.78 Å². The van der Waals surface area contributed by atoms with E-state index in [1.54, 1.807) is 30.3 Å². The number of H-pyrrole nitrogens is 1. The third-order valence-electron chi connectivity index (χ3n) is 6.22. The third-order valence-corrected chi connectivity index (χ3v) is 6.53. The summed E-state index contributed by atoms with van der Waals surface area (Å²) in [5.74, 6) is -2.12. The van der Waals surface area contributed by atoms with Crippen LogP contribution in [0.3, 0.4) is 0 Å². The highest BCUT2D eigenvalue weighted by molar-refractivity contribution is 6.36. The van der Waals surface area contributed by atoms with Gasteiger partial charge in [0.1, 0.15) is 5.69 Å². The lowest BCUT2D eigenvalue weighted by Gasteiger charge is -2.15. The molecule has 0 radical (unpaired) electrons. The van der Waals surface area contributed by atoms with Crippen molar-refractivity contribution >= 4 is 34.3 Å². The van der Waals surface area contributed by atoms with E-state index in [2.05, 4.69) is 16.3 Å². The lowest BCUT2D eigenvalue weighted by molar-refractivity contribution is -0.137. The van der Waals surface area contributed by atoms with Gasteiger partial charge in [-0.1, -0.05) is 48.0 Å². The van der Waals surface area contributed by atoms with Crippen molar-refractivity contribution in [2.24, 2.45) is 0 Å². The number of halogens is 4. The molecule has 39 heavy (non-hydrogen) atoms. The van der Waals surface area contributed by atoms with Gasteiger partial charge in [0.25, 0.3) is 0 Å². The Hall–Kier alpha value is -4.94. The van der Waals surface area contributed by atoms with E-state index in [4.69, 9.17) is 11.6 Å². The lowest BCUT2D eigenvalue weighted by atomic mass is 9.90. The van der Waals surface area contributed by atoms with Gasteiger partial charge in [0.05, 0.1) is 38.9 Å². The van der Waals surface area contributed by atoms with Gasteiger partial charge in [-0.2, -0.15) is 23.5 Å². The second kappa shape index (κ2) is 9.74. The molecule has 6 nitrogen and oxygen atoms in total. The fourth-order valence-corrected chi connectivity index (χ4v) is 4.69. The molecule has 0 aliphatic heterocycles. The van der Waals surface area contributed by atoms with Crippen LogP contribution >= 0.6 is 11.6 Å². The minimum atomic E-state index is -4.86. The van der Waals surface area contributed by atoms with Crippen LogP contribution in [-0.2, 0) is 6.18 Å². The third kappa shape index (κ3) is 4.62. The average Bonchev–Trinajstić information content (AvgIpc) is 3.35. The number of aromatic nitrogens is 2. The Bertz CT molecular complexity index is 1820. The normalized spacial score (nSPS) is 11.4. The van der Waals surface area contributed by atoms with E-state index in [0.717, 1.165) is 12.1 Å². The number of alkyl halides is 3. The van der Waals surface area contributed by atoms with Crippen molar-refractivity contribution in [2.75, 3.05) is 0 Å². The van der Waals surface area contributed by atoms with Gasteiger partial charge in [-0.05, 0) is 53.6 Å². The van der Waals surface area contributed by atoms with Gasteiger partial charge in [-0.3, -0.25) is 9.89 Å². The largest absolute Gasteiger partial charge is 0.478 e. The molecule has 5 rings (SSSR count). The summed E-state index contributed by atoms with van der Waals surface area (Å²) in [5, 5.41) is 25.8. The van der Waals surface area contributed by atoms with E-state index in [1.807, 2.05) is 0 Å². The Morgan fingerprint density at radius 2 is 1.67 bits per heavy atom. The van der Waals surface area contributed by atoms with Crippen LogP contribution in [0.25, 0.3) is 33.3 Å². The number of nitrogens with one attached hydrogen (secondary N) is 1. The van der Waals surface area contributed by atoms with Crippen molar-refractivity contribution in [1.29, 1.82) is 5.26 Å². The van der Waals surface area contributed by atoms with E-state index in [1.165, 1.54) is 36.4 Å². The number of carboxylic acids is 1. The van der Waals surface area contributed by atoms with Crippen molar-refractivity contribution in [2.45, 2.75) is 6.18 Å². The van der Waals surface area contributed by atoms with Crippen molar-refractivity contribution in [3.8, 4) is 28.5 Å². The minimum Gasteiger partial charge on any atom is -0.478 e. The maximum Gasteiger partial charge on any atom is 0.417 e. The van der Waals surface area contributed by atoms with Gasteiger partial charge in [-0.25, -0.2) is 4.79 Å². The number of aromatic carboxylic acids is 1. The second-order valence-electron chi connectivity index (χ2n) is 8.55. The highest BCUT2D eigenvalue weighted by Crippen LogP contribution is 2.40. The van der Waals surface area contributed by atoms with Crippen molar-refractivity contribution in [3.63, 3.8) is 0 Å². The molecule has 0 bridgehead atoms. The van der Waals surface area contributed by atoms with Crippen LogP contribution in [0, 0.1) is 11.3 Å². The summed E-state index contributed by atoms with van der Waals surface area (Å²) < 4.78 is 41.8. The molecule has 2 N–H and O–H groups in total. The van der Waals surface area contributed by atoms with E-state index in [9.17, 15) is 33.1 Å². The topological polar surface area (TPSA) is 107 Å². The Morgan fingerprint density at radius 1 is 0.949 bits per heavy atom. The number of hydrogen-bond donors (Lipinski definition) is 2. The first-order valence-corrected chi connectivity index (χ1v) is 11.7. The van der Waals surface area contributed by atoms with Crippen LogP contribution in [0.2, 0.25) is 5.02 Å². The summed E-state index contributed by atoms with van der Waals surface area (Å²) in [6.07, 6.45) is -4.86. The number of carbonyl (C=O) groups is 2. The van der Waals surface area contributed by atoms with Crippen LogP contribution in [0.15, 0.2) is 78.9 Å². The fourth-order valence-electron chi connectivity index (χ4n) is 4.43. The summed E-state index contributed by atoms with van der Waals surface area (Å²) in [4.78, 5) is 25.2. The molecule has 4 aromatic carbocycles. The Labute approximate surface area is 223 Å². The first-order valence-electron chi connectivity index (χ1n) is 11.4. The first-order chi connectivity index (χ1) is 18.6. The maximum absolute atomic E-state index is 13.9. The number of fused-ring (bicyclic) bond motifs is 1. The zero-order valence-corrected chi connectivity index (χ0v) is 20.4. The smallest absolute Gasteiger partial charge is 0.417 e. The minimum absolute atomic E-state index is 0.0242. The van der Waals surface area contributed by atoms with Gasteiger partial charge in [0, 0.05) is 16.5 Å². The fraction of sp³-hybridized carbons (Fsp3) is 0.0345. The molecular formula is C29H15ClF3N3O3. The first kappa shape index (κ1) is 25.7. The van der Waals surface area contributed by atoms with E-state index >= 15 is 0 Å². The summed E-state index contributed by atoms with van der Waals surface area (Å²) in [6.45, 7) is 0. The predicted octanol–water partition coefficient (Wildman–Crippen LogP) is 7.37. The molecule has 0 aliphatic carbocycles. The molecular weight excluding hydrogens is 531 g/mol. The molecule has 0 aliphatic rings. The number of ketones is 1. The highest BCUT2D eigenvalue weighted by atomic mass is 35.5. The molecule has 10 heteroatoms. The van der Waals surface area contributed by atoms with Gasteiger partial charge >= 0.3 is 12.1 Å². The summed E-state index contributed by atoms with van der Waals surface area (Å²) in [6, 6.07) is 20.5. The second-order valence-corrected chi connectivity index (χ2v) is 8.95. The zero-order chi connectivity index (χ0) is 27.9. The molecule has 0 fully saturated rings. The monoisotopic (exact) mass is 545 g/mol. The Kier molecular flexibility index (Phi) is 6.42. The van der Waals surface area contributed by atoms with Crippen LogP contribution in [0.4, 0.5) is 13.2 Å². The number of benzene rings is 4. The van der Waals surface area contributed by atoms with Gasteiger partial charge in [-0.15, -0.1) is 0 Å². The Balaban J connectivity index is 1.82. The Morgan fingerprint density at radius 3 is 2.33 bits per heavy atom. The number of rotatable bonds is 5. The van der Waals surface area contributed by atoms with Crippen LogP contribution in [0.5, 0.6) is 0 Å². The summed E-state index contributed by atoms with van der Waals surface area (Å²) in [7, 11) is 0. The molecule has 0 unspecified atom stereocenters. The van der Waals surface area contributed by atoms with E-state index in [-0.39, 0.29) is 27.2 Å². The van der Waals surface area contributed by atoms with E-state index in [0.29, 0.717) is 27.8 Å². The molecule has 1 heterocycles. The van der Waals surface area contributed by atoms with Crippen molar-refractivity contribution < 1.29 is 27.9 Å². The quantitative estimate of drug-likeness (QED) is 0.224. The van der Waals surface area contributed by atoms with Gasteiger partial charge < -0.3 is 5.11 Å². The predicted molar refractivity (Wildman–Crippen MR) is 139 cm³/mol. The molecule has 0 amide bonds. The molecule has 192 valence electrons. The van der Waals surface area contributed by atoms with E-state index < -0.39 is 29.1 Å². The average molecular weight is 546 g/mol. The van der Waals surface area contributed by atoms with Crippen LogP contribution in [0.1, 0.15) is 37.4 Å². The van der Waals surface area contributed by atoms with Crippen molar-refractivity contribution in [1.82, 2.24) is 10.2 Å². The molecule has 0 spiro atoms. The number of nitrogens with zero attached hydrogens (tertiary/aromatic N) is 2. The molecule has 1 aromatic heterocycles. The molecule has 0 saturated carbocycles. The number of nitriles is 1. The van der Waals surface area contributed by atoms with Crippen molar-refractivity contribution in [3.05, 3.63) is 112 Å². The molecule has 5 aromatic rings. The van der Waals surface area contributed by atoms with Crippen LogP contribution in [-0.4, -0.2) is 27.1 Å². The summed E-state index contributed by atoms with van der Waals surface area (Å²) >= 11 is 6.17. The maximum atomic E-state index is 13.9. The van der Waals surface area contributed by atoms with Gasteiger partial charge in [0.2, 0.25) is 0 Å². The zero-order valence-electron chi connectivity index (χ0n) is 19.7. The highest BCUT2D eigenvalue weighted by Gasteiger charge is 2.37. The SMILES string of the molecule is N#Cc1ccccc1-c1cc(C(=O)c2c(Cl)cccc2C(F)(F)F)c2c(-c3ccc(C(=O)O)cc3)n[nH]c2c1. The molecule has 0 atom stereocenters. The number of hydrogen-bond acceptors (Lipinski definition) is 4. The molecule has 0 saturated heterocycles.